The molecule has 0 atom stereocenters. The molecule has 19 heavy (non-hydrogen) atoms. The average molecular weight is 304 g/mol. The van der Waals surface area contributed by atoms with E-state index >= 15 is 0 Å². The lowest BCUT2D eigenvalue weighted by atomic mass is 10.2. The van der Waals surface area contributed by atoms with E-state index in [0.29, 0.717) is 15.8 Å². The molecular formula is C13H15Cl2NO3. The van der Waals surface area contributed by atoms with E-state index in [4.69, 9.17) is 32.8 Å². The fourth-order valence-electron chi connectivity index (χ4n) is 1.86. The molecule has 0 radical (unpaired) electrons. The predicted molar refractivity (Wildman–Crippen MR) is 73.5 cm³/mol. The van der Waals surface area contributed by atoms with Gasteiger partial charge in [0.05, 0.1) is 5.02 Å². The Balaban J connectivity index is 1.79. The lowest BCUT2D eigenvalue weighted by Crippen LogP contribution is -2.34. The molecule has 1 aliphatic heterocycles. The number of benzene rings is 1. The number of nitrogens with zero attached hydrogens (tertiary/aromatic N) is 1. The maximum absolute atomic E-state index is 11.6. The molecule has 2 rings (SSSR count). The normalized spacial score (nSPS) is 16.1. The molecule has 0 amide bonds. The van der Waals surface area contributed by atoms with Crippen LogP contribution in [0, 0.1) is 0 Å². The molecule has 0 saturated carbocycles. The van der Waals surface area contributed by atoms with Crippen molar-refractivity contribution in [2.45, 2.75) is 19.3 Å². The van der Waals surface area contributed by atoms with Gasteiger partial charge in [0.15, 0.2) is 6.61 Å². The van der Waals surface area contributed by atoms with Gasteiger partial charge in [-0.05, 0) is 31.0 Å². The first-order chi connectivity index (χ1) is 9.15. The molecule has 6 heteroatoms. The van der Waals surface area contributed by atoms with Crippen LogP contribution in [0.3, 0.4) is 0 Å². The average Bonchev–Trinajstić information content (AvgIpc) is 2.39. The first kappa shape index (κ1) is 14.4. The smallest absolute Gasteiger partial charge is 0.362 e. The van der Waals surface area contributed by atoms with E-state index in [0.717, 1.165) is 25.9 Å². The molecule has 0 aliphatic carbocycles. The van der Waals surface area contributed by atoms with Crippen LogP contribution in [0.15, 0.2) is 18.2 Å². The lowest BCUT2D eigenvalue weighted by molar-refractivity contribution is -0.196. The highest BCUT2D eigenvalue weighted by molar-refractivity contribution is 6.35. The minimum absolute atomic E-state index is 0.169. The molecular weight excluding hydrogens is 289 g/mol. The van der Waals surface area contributed by atoms with Crippen LogP contribution in [0.25, 0.3) is 0 Å². The van der Waals surface area contributed by atoms with Crippen LogP contribution in [-0.4, -0.2) is 30.7 Å². The highest BCUT2D eigenvalue weighted by atomic mass is 35.5. The Hall–Kier alpha value is -0.970. The molecule has 0 unspecified atom stereocenters. The number of carbonyl (C=O) groups excluding carboxylic acids is 1. The number of carbonyl (C=O) groups is 1. The van der Waals surface area contributed by atoms with Gasteiger partial charge in [0.2, 0.25) is 0 Å². The first-order valence-electron chi connectivity index (χ1n) is 6.19. The standard InChI is InChI=1S/C13H15Cl2NO3/c14-10-4-5-12(11(15)8-10)18-9-13(17)19-16-6-2-1-3-7-16/h4-5,8H,1-3,6-7,9H2. The van der Waals surface area contributed by atoms with Crippen molar-refractivity contribution >= 4 is 29.2 Å². The Labute approximate surface area is 122 Å². The van der Waals surface area contributed by atoms with E-state index in [9.17, 15) is 4.79 Å². The number of rotatable bonds is 4. The molecule has 1 aromatic carbocycles. The fraction of sp³-hybridized carbons (Fsp3) is 0.462. The predicted octanol–water partition coefficient (Wildman–Crippen LogP) is 3.32. The zero-order chi connectivity index (χ0) is 13.7. The number of ether oxygens (including phenoxy) is 1. The Morgan fingerprint density at radius 2 is 1.95 bits per heavy atom. The third kappa shape index (κ3) is 4.56. The highest BCUT2D eigenvalue weighted by Crippen LogP contribution is 2.27. The van der Waals surface area contributed by atoms with Gasteiger partial charge >= 0.3 is 5.97 Å². The quantitative estimate of drug-likeness (QED) is 0.855. The van der Waals surface area contributed by atoms with E-state index in [2.05, 4.69) is 0 Å². The van der Waals surface area contributed by atoms with Crippen LogP contribution in [0.2, 0.25) is 10.0 Å². The second-order valence-electron chi connectivity index (χ2n) is 4.32. The minimum Gasteiger partial charge on any atom is -0.480 e. The first-order valence-corrected chi connectivity index (χ1v) is 6.94. The van der Waals surface area contributed by atoms with Gasteiger partial charge in [-0.3, -0.25) is 0 Å². The monoisotopic (exact) mass is 303 g/mol. The van der Waals surface area contributed by atoms with Crippen LogP contribution in [-0.2, 0) is 9.63 Å². The van der Waals surface area contributed by atoms with Crippen LogP contribution >= 0.6 is 23.2 Å². The van der Waals surface area contributed by atoms with Gasteiger partial charge in [-0.2, -0.15) is 0 Å². The molecule has 4 nitrogen and oxygen atoms in total. The summed E-state index contributed by atoms with van der Waals surface area (Å²) < 4.78 is 5.30. The summed E-state index contributed by atoms with van der Waals surface area (Å²) >= 11 is 11.7. The van der Waals surface area contributed by atoms with E-state index in [-0.39, 0.29) is 6.61 Å². The Kier molecular flexibility index (Phi) is 5.31. The summed E-state index contributed by atoms with van der Waals surface area (Å²) in [7, 11) is 0. The largest absolute Gasteiger partial charge is 0.480 e. The molecule has 1 heterocycles. The summed E-state index contributed by atoms with van der Waals surface area (Å²) in [5.41, 5.74) is 0. The molecule has 0 spiro atoms. The highest BCUT2D eigenvalue weighted by Gasteiger charge is 2.15. The van der Waals surface area contributed by atoms with Crippen molar-refractivity contribution in [1.82, 2.24) is 5.06 Å². The Morgan fingerprint density at radius 1 is 1.21 bits per heavy atom. The third-order valence-electron chi connectivity index (χ3n) is 2.79. The number of piperidine rings is 1. The van der Waals surface area contributed by atoms with Crippen molar-refractivity contribution in [1.29, 1.82) is 0 Å². The van der Waals surface area contributed by atoms with E-state index in [1.54, 1.807) is 23.3 Å². The topological polar surface area (TPSA) is 38.8 Å². The summed E-state index contributed by atoms with van der Waals surface area (Å²) in [6, 6.07) is 4.84. The van der Waals surface area contributed by atoms with Crippen molar-refractivity contribution in [3.8, 4) is 5.75 Å². The summed E-state index contributed by atoms with van der Waals surface area (Å²) in [5.74, 6) is -0.00502. The summed E-state index contributed by atoms with van der Waals surface area (Å²) in [4.78, 5) is 16.8. The van der Waals surface area contributed by atoms with Crippen LogP contribution < -0.4 is 4.74 Å². The summed E-state index contributed by atoms with van der Waals surface area (Å²) in [5, 5.41) is 2.57. The second kappa shape index (κ2) is 6.98. The molecule has 1 aliphatic rings. The number of hydrogen-bond acceptors (Lipinski definition) is 4. The number of halogens is 2. The summed E-state index contributed by atoms with van der Waals surface area (Å²) in [6.07, 6.45) is 3.29. The van der Waals surface area contributed by atoms with Crippen molar-refractivity contribution in [2.24, 2.45) is 0 Å². The van der Waals surface area contributed by atoms with Crippen molar-refractivity contribution in [3.63, 3.8) is 0 Å². The fourth-order valence-corrected chi connectivity index (χ4v) is 2.32. The molecule has 104 valence electrons. The second-order valence-corrected chi connectivity index (χ2v) is 5.16. The molecule has 1 aromatic rings. The number of hydroxylamine groups is 2. The van der Waals surface area contributed by atoms with Gasteiger partial charge in [-0.1, -0.05) is 29.6 Å². The van der Waals surface area contributed by atoms with E-state index < -0.39 is 5.97 Å². The summed E-state index contributed by atoms with van der Waals surface area (Å²) in [6.45, 7) is 1.40. The van der Waals surface area contributed by atoms with Crippen molar-refractivity contribution in [2.75, 3.05) is 19.7 Å². The third-order valence-corrected chi connectivity index (χ3v) is 3.32. The molecule has 0 aromatic heterocycles. The zero-order valence-corrected chi connectivity index (χ0v) is 11.9. The van der Waals surface area contributed by atoms with Crippen LogP contribution in [0.4, 0.5) is 0 Å². The lowest BCUT2D eigenvalue weighted by Gasteiger charge is -2.24. The SMILES string of the molecule is O=C(COc1ccc(Cl)cc1Cl)ON1CCCCC1. The maximum Gasteiger partial charge on any atom is 0.362 e. The van der Waals surface area contributed by atoms with Crippen LogP contribution in [0.1, 0.15) is 19.3 Å². The molecule has 1 saturated heterocycles. The zero-order valence-electron chi connectivity index (χ0n) is 10.4. The van der Waals surface area contributed by atoms with Crippen molar-refractivity contribution < 1.29 is 14.4 Å². The molecule has 1 fully saturated rings. The van der Waals surface area contributed by atoms with Crippen molar-refractivity contribution in [3.05, 3.63) is 28.2 Å². The van der Waals surface area contributed by atoms with Gasteiger partial charge in [0, 0.05) is 18.1 Å². The maximum atomic E-state index is 11.6. The molecule has 0 N–H and O–H groups in total. The van der Waals surface area contributed by atoms with Gasteiger partial charge in [0.25, 0.3) is 0 Å². The minimum atomic E-state index is -0.423. The van der Waals surface area contributed by atoms with Gasteiger partial charge in [-0.25, -0.2) is 4.79 Å². The number of hydrogen-bond donors (Lipinski definition) is 0. The van der Waals surface area contributed by atoms with E-state index in [1.807, 2.05) is 0 Å². The van der Waals surface area contributed by atoms with Gasteiger partial charge in [-0.15, -0.1) is 5.06 Å². The van der Waals surface area contributed by atoms with E-state index in [1.165, 1.54) is 6.42 Å². The van der Waals surface area contributed by atoms with Gasteiger partial charge < -0.3 is 9.57 Å². The Morgan fingerprint density at radius 3 is 2.63 bits per heavy atom. The van der Waals surface area contributed by atoms with Crippen LogP contribution in [0.5, 0.6) is 5.75 Å². The van der Waals surface area contributed by atoms with Gasteiger partial charge in [0.1, 0.15) is 5.75 Å². The molecule has 0 bridgehead atoms. The Bertz CT molecular complexity index is 448.